The molecule has 0 amide bonds. The average Bonchev–Trinajstić information content (AvgIpc) is 3.54. The molecule has 170 valence electrons. The Morgan fingerprint density at radius 2 is 1.97 bits per heavy atom. The Morgan fingerprint density at radius 1 is 1.15 bits per heavy atom. The number of hydrogen-bond acceptors (Lipinski definition) is 8. The Labute approximate surface area is 194 Å². The van der Waals surface area contributed by atoms with Gasteiger partial charge in [-0.2, -0.15) is 0 Å². The molecule has 3 N–H and O–H groups in total. The second-order valence-electron chi connectivity index (χ2n) is 8.10. The smallest absolute Gasteiger partial charge is 0.258 e. The van der Waals surface area contributed by atoms with Gasteiger partial charge in [0, 0.05) is 18.1 Å². The van der Waals surface area contributed by atoms with Crippen molar-refractivity contribution in [3.63, 3.8) is 0 Å². The van der Waals surface area contributed by atoms with Crippen LogP contribution in [0.5, 0.6) is 5.75 Å². The van der Waals surface area contributed by atoms with Gasteiger partial charge >= 0.3 is 0 Å². The first kappa shape index (κ1) is 21.5. The number of aliphatic hydroxyl groups is 1. The number of pyridine rings is 1. The van der Waals surface area contributed by atoms with Gasteiger partial charge in [-0.3, -0.25) is 9.78 Å². The monoisotopic (exact) mass is 463 g/mol. The van der Waals surface area contributed by atoms with Gasteiger partial charge in [0.05, 0.1) is 12.0 Å². The highest BCUT2D eigenvalue weighted by Crippen LogP contribution is 2.34. The topological polar surface area (TPSA) is 113 Å². The highest BCUT2D eigenvalue weighted by atomic mass is 32.1. The molecule has 0 spiro atoms. The van der Waals surface area contributed by atoms with E-state index in [1.54, 1.807) is 12.3 Å². The first-order valence-corrected chi connectivity index (χ1v) is 12.0. The SMILES string of the molecule is O=c1[nH]c(COc2ccc(C3CCCC3)cc2)nc2c(-c3csc(NCCO)n3)nccc12. The third-order valence-corrected chi connectivity index (χ3v) is 6.69. The van der Waals surface area contributed by atoms with E-state index >= 15 is 0 Å². The summed E-state index contributed by atoms with van der Waals surface area (Å²) in [7, 11) is 0. The number of ether oxygens (including phenoxy) is 1. The molecule has 0 radical (unpaired) electrons. The zero-order valence-corrected chi connectivity index (χ0v) is 18.9. The number of aromatic nitrogens is 4. The van der Waals surface area contributed by atoms with Crippen LogP contribution < -0.4 is 15.6 Å². The van der Waals surface area contributed by atoms with Gasteiger partial charge < -0.3 is 20.1 Å². The number of anilines is 1. The molecule has 1 saturated carbocycles. The molecule has 4 aromatic rings. The van der Waals surface area contributed by atoms with Gasteiger partial charge in [-0.25, -0.2) is 9.97 Å². The van der Waals surface area contributed by atoms with Crippen LogP contribution in [0.15, 0.2) is 46.7 Å². The minimum absolute atomic E-state index is 0.0189. The number of hydrogen-bond donors (Lipinski definition) is 3. The number of nitrogens with one attached hydrogen (secondary N) is 2. The Balaban J connectivity index is 1.37. The lowest BCUT2D eigenvalue weighted by atomic mass is 9.98. The molecule has 1 aromatic carbocycles. The molecule has 1 aliphatic rings. The Bertz CT molecular complexity index is 1300. The lowest BCUT2D eigenvalue weighted by Crippen LogP contribution is -2.14. The van der Waals surface area contributed by atoms with Crippen LogP contribution in [0.4, 0.5) is 5.13 Å². The van der Waals surface area contributed by atoms with E-state index in [-0.39, 0.29) is 18.8 Å². The number of benzene rings is 1. The lowest BCUT2D eigenvalue weighted by molar-refractivity contribution is 0.296. The van der Waals surface area contributed by atoms with Gasteiger partial charge in [-0.1, -0.05) is 25.0 Å². The quantitative estimate of drug-likeness (QED) is 0.361. The summed E-state index contributed by atoms with van der Waals surface area (Å²) in [5.41, 5.74) is 2.76. The Hall–Kier alpha value is -3.30. The van der Waals surface area contributed by atoms with Crippen LogP contribution in [-0.2, 0) is 6.61 Å². The van der Waals surface area contributed by atoms with Crippen molar-refractivity contribution in [1.82, 2.24) is 19.9 Å². The molecular weight excluding hydrogens is 438 g/mol. The maximum atomic E-state index is 12.7. The fourth-order valence-corrected chi connectivity index (χ4v) is 4.97. The largest absolute Gasteiger partial charge is 0.486 e. The summed E-state index contributed by atoms with van der Waals surface area (Å²) < 4.78 is 5.91. The summed E-state index contributed by atoms with van der Waals surface area (Å²) in [6.07, 6.45) is 6.72. The molecule has 0 bridgehead atoms. The fraction of sp³-hybridized carbons (Fsp3) is 0.333. The minimum Gasteiger partial charge on any atom is -0.486 e. The minimum atomic E-state index is -0.243. The predicted octanol–water partition coefficient (Wildman–Crippen LogP) is 4.08. The summed E-state index contributed by atoms with van der Waals surface area (Å²) >= 11 is 1.41. The number of aromatic amines is 1. The van der Waals surface area contributed by atoms with Gasteiger partial charge in [-0.15, -0.1) is 11.3 Å². The molecule has 1 fully saturated rings. The van der Waals surface area contributed by atoms with Crippen molar-refractivity contribution in [2.75, 3.05) is 18.5 Å². The van der Waals surface area contributed by atoms with E-state index in [0.717, 1.165) is 5.75 Å². The van der Waals surface area contributed by atoms with E-state index in [2.05, 4.69) is 37.4 Å². The van der Waals surface area contributed by atoms with Gasteiger partial charge in [-0.05, 0) is 42.5 Å². The normalized spacial score (nSPS) is 14.1. The van der Waals surface area contributed by atoms with Crippen molar-refractivity contribution in [3.05, 3.63) is 63.7 Å². The number of nitrogens with zero attached hydrogens (tertiary/aromatic N) is 3. The van der Waals surface area contributed by atoms with Crippen molar-refractivity contribution in [1.29, 1.82) is 0 Å². The molecule has 0 aliphatic heterocycles. The number of fused-ring (bicyclic) bond motifs is 1. The first-order valence-electron chi connectivity index (χ1n) is 11.1. The zero-order chi connectivity index (χ0) is 22.6. The van der Waals surface area contributed by atoms with Crippen molar-refractivity contribution in [2.24, 2.45) is 0 Å². The highest BCUT2D eigenvalue weighted by molar-refractivity contribution is 7.14. The van der Waals surface area contributed by atoms with E-state index in [9.17, 15) is 4.79 Å². The molecular formula is C24H25N5O3S. The summed E-state index contributed by atoms with van der Waals surface area (Å²) in [6, 6.07) is 9.88. The van der Waals surface area contributed by atoms with Crippen molar-refractivity contribution >= 4 is 27.4 Å². The van der Waals surface area contributed by atoms with E-state index < -0.39 is 0 Å². The molecule has 1 aliphatic carbocycles. The molecule has 0 atom stereocenters. The van der Waals surface area contributed by atoms with Crippen LogP contribution in [0, 0.1) is 0 Å². The molecule has 9 heteroatoms. The van der Waals surface area contributed by atoms with E-state index in [1.165, 1.54) is 42.6 Å². The van der Waals surface area contributed by atoms with E-state index in [4.69, 9.17) is 9.84 Å². The van der Waals surface area contributed by atoms with Crippen LogP contribution in [0.1, 0.15) is 43.0 Å². The first-order chi connectivity index (χ1) is 16.2. The summed E-state index contributed by atoms with van der Waals surface area (Å²) in [5.74, 6) is 1.83. The summed E-state index contributed by atoms with van der Waals surface area (Å²) in [6.45, 7) is 0.574. The van der Waals surface area contributed by atoms with Crippen LogP contribution in [0.25, 0.3) is 22.3 Å². The maximum absolute atomic E-state index is 12.7. The van der Waals surface area contributed by atoms with Crippen LogP contribution in [-0.4, -0.2) is 38.2 Å². The molecule has 3 aromatic heterocycles. The van der Waals surface area contributed by atoms with Crippen molar-refractivity contribution < 1.29 is 9.84 Å². The third-order valence-electron chi connectivity index (χ3n) is 5.89. The molecule has 8 nitrogen and oxygen atoms in total. The second-order valence-corrected chi connectivity index (χ2v) is 8.95. The molecule has 33 heavy (non-hydrogen) atoms. The standard InChI is InChI=1S/C24H25N5O3S/c30-12-11-26-24-27-19(14-33-24)22-21-18(9-10-25-22)23(31)29-20(28-21)13-32-17-7-5-16(6-8-17)15-3-1-2-4-15/h5-10,14-15,30H,1-4,11-13H2,(H,26,27)(H,28,29,31). The van der Waals surface area contributed by atoms with Crippen molar-refractivity contribution in [3.8, 4) is 17.1 Å². The van der Waals surface area contributed by atoms with Crippen LogP contribution in [0.2, 0.25) is 0 Å². The average molecular weight is 464 g/mol. The van der Waals surface area contributed by atoms with Crippen LogP contribution in [0.3, 0.4) is 0 Å². The molecule has 5 rings (SSSR count). The van der Waals surface area contributed by atoms with Gasteiger partial charge in [0.1, 0.15) is 35.1 Å². The van der Waals surface area contributed by atoms with Gasteiger partial charge in [0.25, 0.3) is 5.56 Å². The maximum Gasteiger partial charge on any atom is 0.258 e. The number of thiazole rings is 1. The number of aliphatic hydroxyl groups excluding tert-OH is 1. The zero-order valence-electron chi connectivity index (χ0n) is 18.1. The Kier molecular flexibility index (Phi) is 6.32. The Morgan fingerprint density at radius 3 is 2.76 bits per heavy atom. The van der Waals surface area contributed by atoms with Crippen molar-refractivity contribution in [2.45, 2.75) is 38.2 Å². The van der Waals surface area contributed by atoms with E-state index in [1.807, 2.05) is 17.5 Å². The summed E-state index contributed by atoms with van der Waals surface area (Å²) in [4.78, 5) is 29.1. The number of rotatable bonds is 8. The highest BCUT2D eigenvalue weighted by Gasteiger charge is 2.17. The third kappa shape index (κ3) is 4.74. The number of H-pyrrole nitrogens is 1. The molecule has 3 heterocycles. The molecule has 0 saturated heterocycles. The van der Waals surface area contributed by atoms with Crippen LogP contribution >= 0.6 is 11.3 Å². The fourth-order valence-electron chi connectivity index (χ4n) is 4.24. The summed E-state index contributed by atoms with van der Waals surface area (Å²) in [5, 5.41) is 15.0. The lowest BCUT2D eigenvalue weighted by Gasteiger charge is -2.11. The second kappa shape index (κ2) is 9.68. The van der Waals surface area contributed by atoms with E-state index in [0.29, 0.717) is 45.7 Å². The van der Waals surface area contributed by atoms with Gasteiger partial charge in [0.15, 0.2) is 5.13 Å². The van der Waals surface area contributed by atoms with Gasteiger partial charge in [0.2, 0.25) is 0 Å². The predicted molar refractivity (Wildman–Crippen MR) is 129 cm³/mol. The molecule has 0 unspecified atom stereocenters.